The molecule has 0 saturated heterocycles. The minimum atomic E-state index is 0.0587. The number of nitrogens with two attached hydrogens (primary N) is 1. The smallest absolute Gasteiger partial charge is 0.220 e. The molecule has 0 radical (unpaired) electrons. The Balaban J connectivity index is 1.69. The number of amides is 1. The number of carbonyl (C=O) groups excluding carboxylic acids is 1. The molecule has 3 N–H and O–H groups in total. The third-order valence-corrected chi connectivity index (χ3v) is 4.09. The van der Waals surface area contributed by atoms with Crippen LogP contribution in [0.5, 0.6) is 5.75 Å². The molecule has 0 spiro atoms. The zero-order valence-corrected chi connectivity index (χ0v) is 13.0. The largest absolute Gasteiger partial charge is 0.488 e. The molecule has 1 unspecified atom stereocenters. The lowest BCUT2D eigenvalue weighted by Gasteiger charge is -2.23. The van der Waals surface area contributed by atoms with E-state index in [-0.39, 0.29) is 17.4 Å². The number of carbonyl (C=O) groups is 1. The van der Waals surface area contributed by atoms with Crippen molar-refractivity contribution < 1.29 is 9.53 Å². The van der Waals surface area contributed by atoms with Crippen LogP contribution in [0.4, 0.5) is 0 Å². The van der Waals surface area contributed by atoms with Gasteiger partial charge in [0.15, 0.2) is 0 Å². The van der Waals surface area contributed by atoms with Crippen LogP contribution in [-0.4, -0.2) is 25.1 Å². The molecule has 2 rings (SSSR count). The Morgan fingerprint density at radius 3 is 2.86 bits per heavy atom. The molecule has 0 saturated carbocycles. The van der Waals surface area contributed by atoms with Gasteiger partial charge in [-0.2, -0.15) is 0 Å². The normalized spacial score (nSPS) is 17.2. The van der Waals surface area contributed by atoms with Gasteiger partial charge in [0.2, 0.25) is 5.91 Å². The summed E-state index contributed by atoms with van der Waals surface area (Å²) in [5.74, 6) is 1.04. The number of fused-ring (bicyclic) bond motifs is 1. The van der Waals surface area contributed by atoms with Crippen molar-refractivity contribution in [2.24, 2.45) is 11.1 Å². The minimum absolute atomic E-state index is 0.0587. The summed E-state index contributed by atoms with van der Waals surface area (Å²) in [5, 5.41) is 2.98. The van der Waals surface area contributed by atoms with Gasteiger partial charge in [0.25, 0.3) is 0 Å². The molecule has 0 fully saturated rings. The molecule has 1 aromatic carbocycles. The van der Waals surface area contributed by atoms with E-state index in [2.05, 4.69) is 25.2 Å². The van der Waals surface area contributed by atoms with E-state index in [0.29, 0.717) is 19.5 Å². The topological polar surface area (TPSA) is 64.4 Å². The predicted molar refractivity (Wildman–Crippen MR) is 84.3 cm³/mol. The molecule has 1 atom stereocenters. The van der Waals surface area contributed by atoms with E-state index in [4.69, 9.17) is 10.5 Å². The molecule has 116 valence electrons. The number of para-hydroxylation sites is 1. The fraction of sp³-hybridized carbons (Fsp3) is 0.588. The van der Waals surface area contributed by atoms with Gasteiger partial charge in [-0.15, -0.1) is 0 Å². The van der Waals surface area contributed by atoms with Crippen LogP contribution in [0.15, 0.2) is 24.3 Å². The molecule has 0 aliphatic carbocycles. The Morgan fingerprint density at radius 1 is 1.38 bits per heavy atom. The van der Waals surface area contributed by atoms with Crippen LogP contribution in [0, 0.1) is 5.41 Å². The van der Waals surface area contributed by atoms with Gasteiger partial charge in [0, 0.05) is 12.8 Å². The fourth-order valence-corrected chi connectivity index (χ4v) is 2.65. The number of ether oxygens (including phenoxy) is 1. The molecule has 4 heteroatoms. The first-order valence-corrected chi connectivity index (χ1v) is 7.71. The van der Waals surface area contributed by atoms with E-state index in [1.165, 1.54) is 5.56 Å². The Hall–Kier alpha value is -1.55. The van der Waals surface area contributed by atoms with Crippen LogP contribution in [0.25, 0.3) is 0 Å². The molecular weight excluding hydrogens is 264 g/mol. The average Bonchev–Trinajstić information content (AvgIpc) is 2.86. The lowest BCUT2D eigenvalue weighted by Crippen LogP contribution is -2.35. The third-order valence-electron chi connectivity index (χ3n) is 4.09. The number of benzene rings is 1. The second kappa shape index (κ2) is 6.94. The van der Waals surface area contributed by atoms with Crippen molar-refractivity contribution >= 4 is 5.91 Å². The highest BCUT2D eigenvalue weighted by Crippen LogP contribution is 2.28. The quantitative estimate of drug-likeness (QED) is 0.809. The van der Waals surface area contributed by atoms with E-state index in [0.717, 1.165) is 25.0 Å². The van der Waals surface area contributed by atoms with Crippen molar-refractivity contribution in [1.29, 1.82) is 0 Å². The van der Waals surface area contributed by atoms with Crippen molar-refractivity contribution in [3.8, 4) is 5.75 Å². The van der Waals surface area contributed by atoms with Gasteiger partial charge < -0.3 is 15.8 Å². The summed E-state index contributed by atoms with van der Waals surface area (Å²) < 4.78 is 5.81. The summed E-state index contributed by atoms with van der Waals surface area (Å²) in [7, 11) is 0. The molecule has 0 bridgehead atoms. The summed E-state index contributed by atoms with van der Waals surface area (Å²) in [5.41, 5.74) is 6.94. The van der Waals surface area contributed by atoms with E-state index in [1.54, 1.807) is 0 Å². The third kappa shape index (κ3) is 4.74. The standard InChI is InChI=1S/C17H26N2O2/c1-17(2,9-10-18)8-7-16(20)19-12-14-11-13-5-3-4-6-15(13)21-14/h3-6,14H,7-12,18H2,1-2H3,(H,19,20). The summed E-state index contributed by atoms with van der Waals surface area (Å²) in [6.45, 7) is 5.56. The first-order valence-electron chi connectivity index (χ1n) is 7.71. The summed E-state index contributed by atoms with van der Waals surface area (Å²) in [4.78, 5) is 11.9. The Morgan fingerprint density at radius 2 is 2.14 bits per heavy atom. The summed E-state index contributed by atoms with van der Waals surface area (Å²) in [6, 6.07) is 8.04. The average molecular weight is 290 g/mol. The summed E-state index contributed by atoms with van der Waals surface area (Å²) in [6.07, 6.45) is 3.29. The maximum atomic E-state index is 11.9. The van der Waals surface area contributed by atoms with Crippen molar-refractivity contribution in [2.75, 3.05) is 13.1 Å². The molecule has 0 aromatic heterocycles. The minimum Gasteiger partial charge on any atom is -0.488 e. The second-order valence-corrected chi connectivity index (χ2v) is 6.56. The highest BCUT2D eigenvalue weighted by atomic mass is 16.5. The van der Waals surface area contributed by atoms with Gasteiger partial charge in [-0.05, 0) is 36.4 Å². The molecule has 21 heavy (non-hydrogen) atoms. The molecule has 1 amide bonds. The van der Waals surface area contributed by atoms with Crippen LogP contribution in [0.3, 0.4) is 0 Å². The lowest BCUT2D eigenvalue weighted by atomic mass is 9.84. The molecule has 4 nitrogen and oxygen atoms in total. The SMILES string of the molecule is CC(C)(CCN)CCC(=O)NCC1Cc2ccccc2O1. The molecule has 1 aliphatic heterocycles. The maximum Gasteiger partial charge on any atom is 0.220 e. The second-order valence-electron chi connectivity index (χ2n) is 6.56. The first-order chi connectivity index (χ1) is 10.00. The number of nitrogens with one attached hydrogen (secondary N) is 1. The number of hydrogen-bond donors (Lipinski definition) is 2. The molecule has 1 aromatic rings. The van der Waals surface area contributed by atoms with Crippen molar-refractivity contribution in [2.45, 2.75) is 45.6 Å². The van der Waals surface area contributed by atoms with Gasteiger partial charge in [-0.1, -0.05) is 32.0 Å². The highest BCUT2D eigenvalue weighted by Gasteiger charge is 2.23. The molecule has 1 aliphatic rings. The van der Waals surface area contributed by atoms with Crippen LogP contribution < -0.4 is 15.8 Å². The van der Waals surface area contributed by atoms with Gasteiger partial charge in [-0.3, -0.25) is 4.79 Å². The van der Waals surface area contributed by atoms with Gasteiger partial charge in [0.05, 0.1) is 6.54 Å². The van der Waals surface area contributed by atoms with Crippen molar-refractivity contribution in [3.63, 3.8) is 0 Å². The predicted octanol–water partition coefficient (Wildman–Crippen LogP) is 2.26. The van der Waals surface area contributed by atoms with E-state index in [1.807, 2.05) is 18.2 Å². The van der Waals surface area contributed by atoms with Gasteiger partial charge >= 0.3 is 0 Å². The molecular formula is C17H26N2O2. The van der Waals surface area contributed by atoms with E-state index < -0.39 is 0 Å². The van der Waals surface area contributed by atoms with Gasteiger partial charge in [0.1, 0.15) is 11.9 Å². The van der Waals surface area contributed by atoms with Crippen molar-refractivity contribution in [3.05, 3.63) is 29.8 Å². The molecule has 1 heterocycles. The lowest BCUT2D eigenvalue weighted by molar-refractivity contribution is -0.122. The maximum absolute atomic E-state index is 11.9. The Bertz CT molecular complexity index is 460. The van der Waals surface area contributed by atoms with Crippen LogP contribution in [0.2, 0.25) is 0 Å². The van der Waals surface area contributed by atoms with Crippen LogP contribution >= 0.6 is 0 Å². The van der Waals surface area contributed by atoms with Crippen molar-refractivity contribution in [1.82, 2.24) is 5.32 Å². The van der Waals surface area contributed by atoms with E-state index >= 15 is 0 Å². The van der Waals surface area contributed by atoms with E-state index in [9.17, 15) is 4.79 Å². The summed E-state index contributed by atoms with van der Waals surface area (Å²) >= 11 is 0. The van der Waals surface area contributed by atoms with Gasteiger partial charge in [-0.25, -0.2) is 0 Å². The zero-order chi connectivity index (χ0) is 15.3. The Kier molecular flexibility index (Phi) is 5.23. The highest BCUT2D eigenvalue weighted by molar-refractivity contribution is 5.75. The zero-order valence-electron chi connectivity index (χ0n) is 13.0. The fourth-order valence-electron chi connectivity index (χ4n) is 2.65. The number of rotatable bonds is 7. The van der Waals surface area contributed by atoms with Crippen LogP contribution in [-0.2, 0) is 11.2 Å². The Labute approximate surface area is 127 Å². The monoisotopic (exact) mass is 290 g/mol. The number of hydrogen-bond acceptors (Lipinski definition) is 3. The first kappa shape index (κ1) is 15.8. The van der Waals surface area contributed by atoms with Crippen LogP contribution in [0.1, 0.15) is 38.7 Å².